The van der Waals surface area contributed by atoms with E-state index in [9.17, 15) is 18.0 Å². The largest absolute Gasteiger partial charge is 0.497 e. The first kappa shape index (κ1) is 30.3. The third-order valence-electron chi connectivity index (χ3n) is 7.00. The van der Waals surface area contributed by atoms with Gasteiger partial charge < -0.3 is 15.0 Å². The molecular weight excluding hydrogens is 550 g/mol. The van der Waals surface area contributed by atoms with Crippen LogP contribution in [0.1, 0.15) is 16.7 Å². The van der Waals surface area contributed by atoms with Gasteiger partial charge in [0.25, 0.3) is 10.0 Å². The van der Waals surface area contributed by atoms with Gasteiger partial charge in [0.2, 0.25) is 11.8 Å². The lowest BCUT2D eigenvalue weighted by Crippen LogP contribution is -2.53. The Morgan fingerprint density at radius 2 is 1.45 bits per heavy atom. The SMILES string of the molecule is CNC(=O)[C@@H](Cc1ccccc1)N(Cc1cccc(OC)c1)C(=O)CN(c1ccccc1C)S(=O)(=O)c1ccccc1. The molecule has 0 saturated carbocycles. The number of nitrogens with zero attached hydrogens (tertiary/aromatic N) is 2. The number of para-hydroxylation sites is 1. The Kier molecular flexibility index (Phi) is 9.98. The molecule has 0 radical (unpaired) electrons. The first-order valence-corrected chi connectivity index (χ1v) is 15.0. The molecule has 0 aliphatic heterocycles. The van der Waals surface area contributed by atoms with E-state index >= 15 is 0 Å². The van der Waals surface area contributed by atoms with Crippen molar-refractivity contribution in [3.63, 3.8) is 0 Å². The Morgan fingerprint density at radius 1 is 0.833 bits per heavy atom. The molecule has 8 nitrogen and oxygen atoms in total. The molecule has 0 heterocycles. The summed E-state index contributed by atoms with van der Waals surface area (Å²) >= 11 is 0. The first-order valence-electron chi connectivity index (χ1n) is 13.6. The van der Waals surface area contributed by atoms with Crippen molar-refractivity contribution < 1.29 is 22.7 Å². The van der Waals surface area contributed by atoms with Gasteiger partial charge in [0.15, 0.2) is 0 Å². The second-order valence-electron chi connectivity index (χ2n) is 9.80. The highest BCUT2D eigenvalue weighted by molar-refractivity contribution is 7.92. The summed E-state index contributed by atoms with van der Waals surface area (Å²) < 4.78 is 34.5. The van der Waals surface area contributed by atoms with Crippen molar-refractivity contribution in [2.24, 2.45) is 0 Å². The Morgan fingerprint density at radius 3 is 2.10 bits per heavy atom. The number of aryl methyl sites for hydroxylation is 1. The third-order valence-corrected chi connectivity index (χ3v) is 8.77. The summed E-state index contributed by atoms with van der Waals surface area (Å²) in [6.07, 6.45) is 0.242. The molecule has 0 aliphatic rings. The average molecular weight is 586 g/mol. The highest BCUT2D eigenvalue weighted by Gasteiger charge is 2.34. The molecule has 0 saturated heterocycles. The van der Waals surface area contributed by atoms with E-state index in [4.69, 9.17) is 4.74 Å². The number of hydrogen-bond acceptors (Lipinski definition) is 5. The Balaban J connectivity index is 1.80. The maximum atomic E-state index is 14.3. The van der Waals surface area contributed by atoms with Crippen molar-refractivity contribution in [2.75, 3.05) is 25.0 Å². The molecule has 4 aromatic carbocycles. The van der Waals surface area contributed by atoms with E-state index in [1.54, 1.807) is 62.6 Å². The highest BCUT2D eigenvalue weighted by atomic mass is 32.2. The fourth-order valence-electron chi connectivity index (χ4n) is 4.76. The zero-order chi connectivity index (χ0) is 30.1. The molecule has 0 bridgehead atoms. The number of amides is 2. The number of hydrogen-bond donors (Lipinski definition) is 1. The van der Waals surface area contributed by atoms with Gasteiger partial charge in [-0.05, 0) is 53.9 Å². The topological polar surface area (TPSA) is 96.0 Å². The van der Waals surface area contributed by atoms with E-state index in [2.05, 4.69) is 5.32 Å². The second kappa shape index (κ2) is 13.8. The fraction of sp³-hybridized carbons (Fsp3) is 0.212. The van der Waals surface area contributed by atoms with Gasteiger partial charge in [-0.15, -0.1) is 0 Å². The van der Waals surface area contributed by atoms with Crippen molar-refractivity contribution in [2.45, 2.75) is 30.8 Å². The quantitative estimate of drug-likeness (QED) is 0.263. The number of ether oxygens (including phenoxy) is 1. The normalized spacial score (nSPS) is 11.8. The number of carbonyl (C=O) groups is 2. The molecule has 0 fully saturated rings. The van der Waals surface area contributed by atoms with Gasteiger partial charge in [0.05, 0.1) is 17.7 Å². The standard InChI is InChI=1S/C33H35N3O5S/c1-25-13-10-11-20-30(25)36(42(39,40)29-18-8-5-9-19-29)24-32(37)35(23-27-16-12-17-28(21-27)41-3)31(33(38)34-2)22-26-14-6-4-7-15-26/h4-21,31H,22-24H2,1-3H3,(H,34,38)/t31-/m1/s1. The van der Waals surface area contributed by atoms with E-state index in [-0.39, 0.29) is 23.8 Å². The molecule has 0 aromatic heterocycles. The maximum Gasteiger partial charge on any atom is 0.264 e. The number of carbonyl (C=O) groups excluding carboxylic acids is 2. The van der Waals surface area contributed by atoms with Crippen molar-refractivity contribution in [1.82, 2.24) is 10.2 Å². The molecular formula is C33H35N3O5S. The van der Waals surface area contributed by atoms with E-state index in [0.29, 0.717) is 17.0 Å². The van der Waals surface area contributed by atoms with E-state index < -0.39 is 28.5 Å². The second-order valence-corrected chi connectivity index (χ2v) is 11.7. The van der Waals surface area contributed by atoms with Crippen molar-refractivity contribution >= 4 is 27.5 Å². The van der Waals surface area contributed by atoms with Crippen LogP contribution in [0.5, 0.6) is 5.75 Å². The zero-order valence-corrected chi connectivity index (χ0v) is 24.8. The third kappa shape index (κ3) is 7.16. The minimum Gasteiger partial charge on any atom is -0.497 e. The van der Waals surface area contributed by atoms with Gasteiger partial charge in [-0.2, -0.15) is 0 Å². The number of likely N-dealkylation sites (N-methyl/N-ethyl adjacent to an activating group) is 1. The van der Waals surface area contributed by atoms with Crippen LogP contribution in [-0.4, -0.2) is 51.9 Å². The highest BCUT2D eigenvalue weighted by Crippen LogP contribution is 2.28. The Bertz CT molecular complexity index is 1610. The zero-order valence-electron chi connectivity index (χ0n) is 23.9. The van der Waals surface area contributed by atoms with Crippen LogP contribution >= 0.6 is 0 Å². The van der Waals surface area contributed by atoms with Crippen LogP contribution < -0.4 is 14.4 Å². The van der Waals surface area contributed by atoms with Crippen LogP contribution in [-0.2, 0) is 32.6 Å². The molecule has 1 N–H and O–H groups in total. The number of methoxy groups -OCH3 is 1. The van der Waals surface area contributed by atoms with E-state index in [0.717, 1.165) is 15.4 Å². The summed E-state index contributed by atoms with van der Waals surface area (Å²) in [5.41, 5.74) is 2.67. The lowest BCUT2D eigenvalue weighted by molar-refractivity contribution is -0.139. The molecule has 4 aromatic rings. The van der Waals surface area contributed by atoms with Crippen LogP contribution in [0.15, 0.2) is 114 Å². The Labute approximate surface area is 247 Å². The molecule has 2 amide bonds. The summed E-state index contributed by atoms with van der Waals surface area (Å²) in [7, 11) is -1.06. The maximum absolute atomic E-state index is 14.3. The van der Waals surface area contributed by atoms with Gasteiger partial charge in [-0.1, -0.05) is 78.9 Å². The predicted molar refractivity (Wildman–Crippen MR) is 164 cm³/mol. The number of benzene rings is 4. The molecule has 42 heavy (non-hydrogen) atoms. The van der Waals surface area contributed by atoms with Crippen LogP contribution in [0.4, 0.5) is 5.69 Å². The lowest BCUT2D eigenvalue weighted by Gasteiger charge is -2.34. The van der Waals surface area contributed by atoms with Crippen LogP contribution in [0.25, 0.3) is 0 Å². The lowest BCUT2D eigenvalue weighted by atomic mass is 10.0. The number of sulfonamides is 1. The molecule has 1 atom stereocenters. The van der Waals surface area contributed by atoms with Crippen LogP contribution in [0.3, 0.4) is 0 Å². The molecule has 0 spiro atoms. The minimum absolute atomic E-state index is 0.0625. The van der Waals surface area contributed by atoms with Gasteiger partial charge in [0.1, 0.15) is 18.3 Å². The van der Waals surface area contributed by atoms with Gasteiger partial charge in [-0.25, -0.2) is 8.42 Å². The van der Waals surface area contributed by atoms with Crippen LogP contribution in [0, 0.1) is 6.92 Å². The van der Waals surface area contributed by atoms with Crippen LogP contribution in [0.2, 0.25) is 0 Å². The minimum atomic E-state index is -4.13. The number of anilines is 1. The smallest absolute Gasteiger partial charge is 0.264 e. The van der Waals surface area contributed by atoms with Crippen molar-refractivity contribution in [3.8, 4) is 5.75 Å². The molecule has 4 rings (SSSR count). The first-order chi connectivity index (χ1) is 20.2. The average Bonchev–Trinajstić information content (AvgIpc) is 3.02. The van der Waals surface area contributed by atoms with Gasteiger partial charge >= 0.3 is 0 Å². The van der Waals surface area contributed by atoms with Gasteiger partial charge in [-0.3, -0.25) is 13.9 Å². The predicted octanol–water partition coefficient (Wildman–Crippen LogP) is 4.59. The summed E-state index contributed by atoms with van der Waals surface area (Å²) in [4.78, 5) is 29.2. The molecule has 0 unspecified atom stereocenters. The summed E-state index contributed by atoms with van der Waals surface area (Å²) in [5, 5.41) is 2.69. The summed E-state index contributed by atoms with van der Waals surface area (Å²) in [6.45, 7) is 1.35. The Hall–Kier alpha value is -4.63. The summed E-state index contributed by atoms with van der Waals surface area (Å²) in [5.74, 6) is -0.277. The number of nitrogens with one attached hydrogen (secondary N) is 1. The van der Waals surface area contributed by atoms with Crippen molar-refractivity contribution in [3.05, 3.63) is 126 Å². The number of rotatable bonds is 12. The van der Waals surface area contributed by atoms with E-state index in [1.165, 1.54) is 24.1 Å². The van der Waals surface area contributed by atoms with Gasteiger partial charge in [0, 0.05) is 20.0 Å². The fourth-order valence-corrected chi connectivity index (χ4v) is 6.26. The molecule has 0 aliphatic carbocycles. The molecule has 218 valence electrons. The van der Waals surface area contributed by atoms with E-state index in [1.807, 2.05) is 48.5 Å². The van der Waals surface area contributed by atoms with Crippen molar-refractivity contribution in [1.29, 1.82) is 0 Å². The summed E-state index contributed by atoms with van der Waals surface area (Å²) in [6, 6.07) is 30.8. The monoisotopic (exact) mass is 585 g/mol. The molecule has 9 heteroatoms.